The molecule has 25 heavy (non-hydrogen) atoms. The fourth-order valence-corrected chi connectivity index (χ4v) is 4.64. The standard InChI is InChI=1S/C21H33N3O/c1-23(2)11-12-24(15-16-7-4-3-5-8-16)21(25)19-13-17-9-6-10-18(14-19)20(17)22/h3-5,7-8,17-20H,6,9-15,22H2,1-2H3. The Labute approximate surface area is 152 Å². The minimum atomic E-state index is 0.168. The second kappa shape index (κ2) is 8.33. The van der Waals surface area contributed by atoms with Gasteiger partial charge in [-0.3, -0.25) is 4.79 Å². The summed E-state index contributed by atoms with van der Waals surface area (Å²) in [5.41, 5.74) is 7.62. The second-order valence-corrected chi connectivity index (χ2v) is 8.25. The number of carbonyl (C=O) groups excluding carboxylic acids is 1. The molecule has 2 aliphatic rings. The molecule has 0 spiro atoms. The SMILES string of the molecule is CN(C)CCN(Cc1ccccc1)C(=O)C1CC2CCCC(C1)C2N. The molecule has 2 aliphatic carbocycles. The number of hydrogen-bond acceptors (Lipinski definition) is 3. The van der Waals surface area contributed by atoms with E-state index in [0.717, 1.165) is 25.9 Å². The van der Waals surface area contributed by atoms with Crippen molar-refractivity contribution in [1.82, 2.24) is 9.80 Å². The minimum absolute atomic E-state index is 0.168. The summed E-state index contributed by atoms with van der Waals surface area (Å²) in [7, 11) is 4.13. The van der Waals surface area contributed by atoms with Gasteiger partial charge in [-0.15, -0.1) is 0 Å². The highest BCUT2D eigenvalue weighted by Gasteiger charge is 2.41. The van der Waals surface area contributed by atoms with Crippen LogP contribution in [0.15, 0.2) is 30.3 Å². The van der Waals surface area contributed by atoms with E-state index in [2.05, 4.69) is 36.0 Å². The molecular formula is C21H33N3O. The Morgan fingerprint density at radius 1 is 1.08 bits per heavy atom. The van der Waals surface area contributed by atoms with Crippen LogP contribution >= 0.6 is 0 Å². The maximum atomic E-state index is 13.3. The molecule has 2 saturated carbocycles. The number of nitrogens with zero attached hydrogens (tertiary/aromatic N) is 2. The van der Waals surface area contributed by atoms with Crippen molar-refractivity contribution < 1.29 is 4.79 Å². The number of amides is 1. The Morgan fingerprint density at radius 2 is 1.72 bits per heavy atom. The van der Waals surface area contributed by atoms with Crippen LogP contribution in [-0.2, 0) is 11.3 Å². The van der Waals surface area contributed by atoms with Gasteiger partial charge in [-0.2, -0.15) is 0 Å². The van der Waals surface area contributed by atoms with Crippen LogP contribution in [0.1, 0.15) is 37.7 Å². The van der Waals surface area contributed by atoms with Gasteiger partial charge in [-0.25, -0.2) is 0 Å². The second-order valence-electron chi connectivity index (χ2n) is 8.25. The van der Waals surface area contributed by atoms with Gasteiger partial charge in [-0.1, -0.05) is 36.8 Å². The molecule has 0 aliphatic heterocycles. The molecular weight excluding hydrogens is 310 g/mol. The Bertz CT molecular complexity index is 546. The number of likely N-dealkylation sites (N-methyl/N-ethyl adjacent to an activating group) is 1. The number of fused-ring (bicyclic) bond motifs is 2. The lowest BCUT2D eigenvalue weighted by molar-refractivity contribution is -0.139. The number of hydrogen-bond donors (Lipinski definition) is 1. The normalized spacial score (nSPS) is 28.8. The van der Waals surface area contributed by atoms with E-state index < -0.39 is 0 Å². The molecule has 2 bridgehead atoms. The van der Waals surface area contributed by atoms with Crippen LogP contribution in [-0.4, -0.2) is 48.9 Å². The molecule has 4 heteroatoms. The zero-order valence-electron chi connectivity index (χ0n) is 15.7. The van der Waals surface area contributed by atoms with E-state index in [9.17, 15) is 4.79 Å². The zero-order chi connectivity index (χ0) is 17.8. The van der Waals surface area contributed by atoms with Crippen molar-refractivity contribution in [3.05, 3.63) is 35.9 Å². The number of rotatable bonds is 6. The van der Waals surface area contributed by atoms with Gasteiger partial charge in [0.25, 0.3) is 0 Å². The summed E-state index contributed by atoms with van der Waals surface area (Å²) in [6.07, 6.45) is 5.68. The number of nitrogens with two attached hydrogens (primary N) is 1. The maximum absolute atomic E-state index is 13.3. The first-order chi connectivity index (χ1) is 12.0. The molecule has 1 aromatic rings. The van der Waals surface area contributed by atoms with Gasteiger partial charge < -0.3 is 15.5 Å². The topological polar surface area (TPSA) is 49.6 Å². The lowest BCUT2D eigenvalue weighted by Crippen LogP contribution is -2.50. The predicted molar refractivity (Wildman–Crippen MR) is 102 cm³/mol. The van der Waals surface area contributed by atoms with Gasteiger partial charge in [0, 0.05) is 31.6 Å². The third kappa shape index (κ3) is 4.62. The Balaban J connectivity index is 1.69. The third-order valence-corrected chi connectivity index (χ3v) is 6.11. The van der Waals surface area contributed by atoms with Gasteiger partial charge >= 0.3 is 0 Å². The highest BCUT2D eigenvalue weighted by atomic mass is 16.2. The fourth-order valence-electron chi connectivity index (χ4n) is 4.64. The summed E-state index contributed by atoms with van der Waals surface area (Å²) in [4.78, 5) is 17.5. The lowest BCUT2D eigenvalue weighted by Gasteiger charge is -2.44. The molecule has 0 aromatic heterocycles. The summed E-state index contributed by atoms with van der Waals surface area (Å²) in [5.74, 6) is 1.61. The highest BCUT2D eigenvalue weighted by Crippen LogP contribution is 2.42. The van der Waals surface area contributed by atoms with Crippen LogP contribution in [0.25, 0.3) is 0 Å². The molecule has 3 rings (SSSR count). The quantitative estimate of drug-likeness (QED) is 0.864. The molecule has 2 N–H and O–H groups in total. The van der Waals surface area contributed by atoms with E-state index in [1.54, 1.807) is 0 Å². The summed E-state index contributed by atoms with van der Waals surface area (Å²) in [6.45, 7) is 2.40. The molecule has 0 saturated heterocycles. The van der Waals surface area contributed by atoms with Crippen LogP contribution in [0.3, 0.4) is 0 Å². The van der Waals surface area contributed by atoms with Gasteiger partial charge in [-0.05, 0) is 57.2 Å². The van der Waals surface area contributed by atoms with Gasteiger partial charge in [0.15, 0.2) is 0 Å². The summed E-state index contributed by atoms with van der Waals surface area (Å²) in [5, 5.41) is 0. The van der Waals surface area contributed by atoms with Crippen molar-refractivity contribution in [2.45, 2.75) is 44.7 Å². The van der Waals surface area contributed by atoms with Crippen LogP contribution < -0.4 is 5.73 Å². The van der Waals surface area contributed by atoms with Crippen molar-refractivity contribution in [3.8, 4) is 0 Å². The van der Waals surface area contributed by atoms with Crippen LogP contribution in [0, 0.1) is 17.8 Å². The van der Waals surface area contributed by atoms with E-state index in [0.29, 0.717) is 30.3 Å². The first-order valence-electron chi connectivity index (χ1n) is 9.77. The minimum Gasteiger partial charge on any atom is -0.337 e. The summed E-state index contributed by atoms with van der Waals surface area (Å²) < 4.78 is 0. The smallest absolute Gasteiger partial charge is 0.226 e. The monoisotopic (exact) mass is 343 g/mol. The predicted octanol–water partition coefficient (Wildman–Crippen LogP) is 2.73. The first kappa shape index (κ1) is 18.4. The Morgan fingerprint density at radius 3 is 2.32 bits per heavy atom. The summed E-state index contributed by atoms with van der Waals surface area (Å²) in [6, 6.07) is 10.7. The van der Waals surface area contributed by atoms with Gasteiger partial charge in [0.1, 0.15) is 0 Å². The molecule has 2 unspecified atom stereocenters. The van der Waals surface area contributed by atoms with Crippen LogP contribution in [0.5, 0.6) is 0 Å². The largest absolute Gasteiger partial charge is 0.337 e. The van der Waals surface area contributed by atoms with E-state index >= 15 is 0 Å². The van der Waals surface area contributed by atoms with Crippen molar-refractivity contribution in [1.29, 1.82) is 0 Å². The molecule has 138 valence electrons. The van der Waals surface area contributed by atoms with E-state index in [1.807, 2.05) is 18.2 Å². The first-order valence-corrected chi connectivity index (χ1v) is 9.77. The van der Waals surface area contributed by atoms with Gasteiger partial charge in [0.05, 0.1) is 0 Å². The molecule has 1 aromatic carbocycles. The molecule has 2 fully saturated rings. The van der Waals surface area contributed by atoms with E-state index in [-0.39, 0.29) is 5.92 Å². The van der Waals surface area contributed by atoms with Crippen molar-refractivity contribution >= 4 is 5.91 Å². The van der Waals surface area contributed by atoms with Crippen LogP contribution in [0.2, 0.25) is 0 Å². The number of benzene rings is 1. The van der Waals surface area contributed by atoms with Gasteiger partial charge in [0.2, 0.25) is 5.91 Å². The van der Waals surface area contributed by atoms with Crippen molar-refractivity contribution in [2.24, 2.45) is 23.5 Å². The molecule has 0 radical (unpaired) electrons. The zero-order valence-corrected chi connectivity index (χ0v) is 15.7. The van der Waals surface area contributed by atoms with Crippen molar-refractivity contribution in [2.75, 3.05) is 27.2 Å². The molecule has 2 atom stereocenters. The maximum Gasteiger partial charge on any atom is 0.226 e. The highest BCUT2D eigenvalue weighted by molar-refractivity contribution is 5.79. The Kier molecular flexibility index (Phi) is 6.13. The molecule has 1 amide bonds. The van der Waals surface area contributed by atoms with E-state index in [4.69, 9.17) is 5.73 Å². The average molecular weight is 344 g/mol. The average Bonchev–Trinajstić information content (AvgIpc) is 2.58. The Hall–Kier alpha value is -1.39. The van der Waals surface area contributed by atoms with E-state index in [1.165, 1.54) is 24.8 Å². The fraction of sp³-hybridized carbons (Fsp3) is 0.667. The summed E-state index contributed by atoms with van der Waals surface area (Å²) >= 11 is 0. The lowest BCUT2D eigenvalue weighted by atomic mass is 9.65. The number of carbonyl (C=O) groups is 1. The third-order valence-electron chi connectivity index (χ3n) is 6.11. The van der Waals surface area contributed by atoms with Crippen molar-refractivity contribution in [3.63, 3.8) is 0 Å². The molecule has 0 heterocycles. The molecule has 4 nitrogen and oxygen atoms in total. The van der Waals surface area contributed by atoms with Crippen LogP contribution in [0.4, 0.5) is 0 Å².